The molecule has 0 heterocycles. The zero-order chi connectivity index (χ0) is 13.6. The van der Waals surface area contributed by atoms with Crippen LogP contribution in [0.5, 0.6) is 0 Å². The fourth-order valence-corrected chi connectivity index (χ4v) is 2.58. The summed E-state index contributed by atoms with van der Waals surface area (Å²) >= 11 is 0. The number of nitrogens with one attached hydrogen (secondary N) is 3. The Labute approximate surface area is 109 Å². The predicted molar refractivity (Wildman–Crippen MR) is 74.6 cm³/mol. The summed E-state index contributed by atoms with van der Waals surface area (Å²) in [6.45, 7) is 7.29. The van der Waals surface area contributed by atoms with E-state index in [0.29, 0.717) is 5.69 Å². The Balaban J connectivity index is 2.63. The van der Waals surface area contributed by atoms with E-state index in [1.807, 2.05) is 19.1 Å². The van der Waals surface area contributed by atoms with Gasteiger partial charge in [0, 0.05) is 18.3 Å². The highest BCUT2D eigenvalue weighted by Crippen LogP contribution is 2.10. The Morgan fingerprint density at radius 2 is 1.78 bits per heavy atom. The summed E-state index contributed by atoms with van der Waals surface area (Å²) in [5, 5.41) is 3.21. The second kappa shape index (κ2) is 6.72. The van der Waals surface area contributed by atoms with Gasteiger partial charge in [0.2, 0.25) is 0 Å². The molecule has 0 aliphatic heterocycles. The lowest BCUT2D eigenvalue weighted by Gasteiger charge is -2.12. The fourth-order valence-electron chi connectivity index (χ4n) is 1.45. The van der Waals surface area contributed by atoms with Crippen LogP contribution in [-0.2, 0) is 16.8 Å². The van der Waals surface area contributed by atoms with Crippen molar-refractivity contribution in [3.8, 4) is 0 Å². The lowest BCUT2D eigenvalue weighted by molar-refractivity contribution is 0.575. The Bertz CT molecular complexity index is 455. The normalized spacial score (nSPS) is 11.8. The minimum Gasteiger partial charge on any atom is -0.313 e. The van der Waals surface area contributed by atoms with Gasteiger partial charge in [-0.15, -0.1) is 0 Å². The van der Waals surface area contributed by atoms with Crippen LogP contribution in [0.3, 0.4) is 0 Å². The molecular weight excluding hydrogens is 250 g/mol. The van der Waals surface area contributed by atoms with Crippen LogP contribution in [0.4, 0.5) is 5.69 Å². The first kappa shape index (κ1) is 14.9. The van der Waals surface area contributed by atoms with Crippen molar-refractivity contribution in [2.45, 2.75) is 33.4 Å². The maximum Gasteiger partial charge on any atom is 0.299 e. The Hall–Kier alpha value is -1.11. The number of rotatable bonds is 7. The van der Waals surface area contributed by atoms with E-state index in [4.69, 9.17) is 0 Å². The maximum atomic E-state index is 11.6. The second-order valence-corrected chi connectivity index (χ2v) is 5.80. The van der Waals surface area contributed by atoms with Gasteiger partial charge in [0.1, 0.15) is 0 Å². The van der Waals surface area contributed by atoms with Crippen LogP contribution in [0, 0.1) is 0 Å². The summed E-state index contributed by atoms with van der Waals surface area (Å²) in [6.07, 6.45) is 0. The molecule has 0 radical (unpaired) electrons. The Kier molecular flexibility index (Phi) is 5.58. The summed E-state index contributed by atoms with van der Waals surface area (Å²) in [4.78, 5) is 0. The summed E-state index contributed by atoms with van der Waals surface area (Å²) in [5.41, 5.74) is 1.68. The molecule has 0 saturated heterocycles. The van der Waals surface area contributed by atoms with Crippen molar-refractivity contribution in [3.05, 3.63) is 29.8 Å². The van der Waals surface area contributed by atoms with E-state index < -0.39 is 10.2 Å². The molecule has 0 spiro atoms. The van der Waals surface area contributed by atoms with Gasteiger partial charge in [0.15, 0.2) is 0 Å². The van der Waals surface area contributed by atoms with Gasteiger partial charge in [-0.25, -0.2) is 0 Å². The predicted octanol–water partition coefficient (Wildman–Crippen LogP) is 1.45. The van der Waals surface area contributed by atoms with Gasteiger partial charge >= 0.3 is 0 Å². The quantitative estimate of drug-likeness (QED) is 0.703. The summed E-state index contributed by atoms with van der Waals surface area (Å²) < 4.78 is 28.2. The number of hydrogen-bond acceptors (Lipinski definition) is 3. The van der Waals surface area contributed by atoms with Gasteiger partial charge < -0.3 is 5.32 Å². The van der Waals surface area contributed by atoms with Crippen molar-refractivity contribution < 1.29 is 8.42 Å². The van der Waals surface area contributed by atoms with Crippen molar-refractivity contribution >= 4 is 15.9 Å². The van der Waals surface area contributed by atoms with Crippen molar-refractivity contribution in [3.63, 3.8) is 0 Å². The van der Waals surface area contributed by atoms with Crippen molar-refractivity contribution in [1.29, 1.82) is 0 Å². The largest absolute Gasteiger partial charge is 0.313 e. The van der Waals surface area contributed by atoms with Gasteiger partial charge in [0.25, 0.3) is 10.2 Å². The molecule has 0 aliphatic carbocycles. The third-order valence-electron chi connectivity index (χ3n) is 2.18. The molecule has 1 rings (SSSR count). The molecule has 0 saturated carbocycles. The van der Waals surface area contributed by atoms with Crippen molar-refractivity contribution in [2.24, 2.45) is 0 Å². The number of anilines is 1. The molecule has 0 aromatic heterocycles. The average Bonchev–Trinajstić information content (AvgIpc) is 2.26. The third-order valence-corrected chi connectivity index (χ3v) is 3.46. The van der Waals surface area contributed by atoms with Crippen molar-refractivity contribution in [2.75, 3.05) is 11.3 Å². The first-order chi connectivity index (χ1) is 8.43. The van der Waals surface area contributed by atoms with E-state index in [1.54, 1.807) is 26.0 Å². The molecule has 0 fully saturated rings. The summed E-state index contributed by atoms with van der Waals surface area (Å²) in [6, 6.07) is 7.18. The number of benzene rings is 1. The topological polar surface area (TPSA) is 70.2 Å². The molecule has 6 heteroatoms. The van der Waals surface area contributed by atoms with E-state index in [-0.39, 0.29) is 6.04 Å². The van der Waals surface area contributed by atoms with Crippen LogP contribution in [0.2, 0.25) is 0 Å². The van der Waals surface area contributed by atoms with Crippen LogP contribution in [0.25, 0.3) is 0 Å². The molecule has 1 aromatic carbocycles. The van der Waals surface area contributed by atoms with E-state index in [9.17, 15) is 8.42 Å². The van der Waals surface area contributed by atoms with Gasteiger partial charge in [-0.2, -0.15) is 13.1 Å². The molecule has 102 valence electrons. The van der Waals surface area contributed by atoms with Crippen LogP contribution < -0.4 is 14.8 Å². The monoisotopic (exact) mass is 271 g/mol. The highest BCUT2D eigenvalue weighted by molar-refractivity contribution is 7.90. The Morgan fingerprint density at radius 1 is 1.17 bits per heavy atom. The molecule has 18 heavy (non-hydrogen) atoms. The van der Waals surface area contributed by atoms with E-state index in [2.05, 4.69) is 14.8 Å². The van der Waals surface area contributed by atoms with Gasteiger partial charge in [-0.05, 0) is 38.1 Å². The van der Waals surface area contributed by atoms with E-state index >= 15 is 0 Å². The molecule has 3 N–H and O–H groups in total. The fraction of sp³-hybridized carbons (Fsp3) is 0.500. The van der Waals surface area contributed by atoms with Gasteiger partial charge in [-0.3, -0.25) is 4.72 Å². The lowest BCUT2D eigenvalue weighted by atomic mass is 10.2. The van der Waals surface area contributed by atoms with Crippen LogP contribution in [0.15, 0.2) is 24.3 Å². The highest BCUT2D eigenvalue weighted by Gasteiger charge is 2.10. The van der Waals surface area contributed by atoms with E-state index in [0.717, 1.165) is 18.7 Å². The van der Waals surface area contributed by atoms with Gasteiger partial charge in [-0.1, -0.05) is 19.1 Å². The highest BCUT2D eigenvalue weighted by atomic mass is 32.2. The van der Waals surface area contributed by atoms with E-state index in [1.165, 1.54) is 0 Å². The van der Waals surface area contributed by atoms with Gasteiger partial charge in [0.05, 0.1) is 0 Å². The zero-order valence-electron chi connectivity index (χ0n) is 11.0. The number of hydrogen-bond donors (Lipinski definition) is 3. The zero-order valence-corrected chi connectivity index (χ0v) is 11.8. The second-order valence-electron chi connectivity index (χ2n) is 4.36. The smallest absolute Gasteiger partial charge is 0.299 e. The molecule has 0 aliphatic rings. The Morgan fingerprint density at radius 3 is 2.28 bits per heavy atom. The maximum absolute atomic E-state index is 11.6. The SMILES string of the molecule is CCNCc1ccc(NS(=O)(=O)NC(C)C)cc1. The minimum absolute atomic E-state index is 0.129. The molecule has 0 bridgehead atoms. The van der Waals surface area contributed by atoms with Crippen molar-refractivity contribution in [1.82, 2.24) is 10.0 Å². The minimum atomic E-state index is -3.48. The first-order valence-corrected chi connectivity index (χ1v) is 7.51. The average molecular weight is 271 g/mol. The van der Waals surface area contributed by atoms with Crippen LogP contribution >= 0.6 is 0 Å². The molecule has 0 atom stereocenters. The molecule has 0 amide bonds. The standard InChI is InChI=1S/C12H21N3O2S/c1-4-13-9-11-5-7-12(8-6-11)15-18(16,17)14-10(2)3/h5-8,10,13-15H,4,9H2,1-3H3. The summed E-state index contributed by atoms with van der Waals surface area (Å²) in [7, 11) is -3.48. The molecule has 5 nitrogen and oxygen atoms in total. The molecule has 0 unspecified atom stereocenters. The van der Waals surface area contributed by atoms with Crippen LogP contribution in [-0.4, -0.2) is 21.0 Å². The first-order valence-electron chi connectivity index (χ1n) is 6.02. The molecule has 1 aromatic rings. The van der Waals surface area contributed by atoms with Crippen LogP contribution in [0.1, 0.15) is 26.3 Å². The summed E-state index contributed by atoms with van der Waals surface area (Å²) in [5.74, 6) is 0. The third kappa shape index (κ3) is 5.48. The molecular formula is C12H21N3O2S. The lowest BCUT2D eigenvalue weighted by Crippen LogP contribution is -2.35.